The average Bonchev–Trinajstić information content (AvgIpc) is 3.23. The number of rotatable bonds is 7. The van der Waals surface area contributed by atoms with Gasteiger partial charge in [0.2, 0.25) is 5.91 Å². The van der Waals surface area contributed by atoms with Gasteiger partial charge in [-0.3, -0.25) is 9.36 Å². The smallest absolute Gasteiger partial charge is 0.344 e. The fourth-order valence-corrected chi connectivity index (χ4v) is 4.22. The maximum atomic E-state index is 12.0. The van der Waals surface area contributed by atoms with Crippen molar-refractivity contribution in [3.63, 3.8) is 0 Å². The minimum Gasteiger partial charge on any atom is -0.463 e. The van der Waals surface area contributed by atoms with Crippen molar-refractivity contribution in [3.05, 3.63) is 21.6 Å². The van der Waals surface area contributed by atoms with Gasteiger partial charge in [0.05, 0.1) is 23.5 Å². The maximum Gasteiger partial charge on any atom is 0.344 e. The summed E-state index contributed by atoms with van der Waals surface area (Å²) in [5.74, 6) is 0.439. The molecule has 130 valence electrons. The van der Waals surface area contributed by atoms with Crippen LogP contribution in [0.1, 0.15) is 25.8 Å². The highest BCUT2D eigenvalue weighted by Gasteiger charge is 2.30. The third-order valence-electron chi connectivity index (χ3n) is 3.57. The van der Waals surface area contributed by atoms with E-state index in [4.69, 9.17) is 4.74 Å². The first-order valence-electron chi connectivity index (χ1n) is 7.71. The van der Waals surface area contributed by atoms with Gasteiger partial charge >= 0.3 is 11.7 Å². The SMILES string of the molecule is CCOC(=O)/C=C1\SCC(=O)N1CCSc1n[nH]c(=O)n1C1CC1. The summed E-state index contributed by atoms with van der Waals surface area (Å²) in [7, 11) is 0. The maximum absolute atomic E-state index is 12.0. The molecule has 0 bridgehead atoms. The van der Waals surface area contributed by atoms with Gasteiger partial charge in [-0.25, -0.2) is 14.7 Å². The first kappa shape index (κ1) is 17.2. The monoisotopic (exact) mass is 370 g/mol. The normalized spacial score (nSPS) is 19.3. The Bertz CT molecular complexity index is 723. The summed E-state index contributed by atoms with van der Waals surface area (Å²) in [4.78, 5) is 36.9. The number of ether oxygens (including phenoxy) is 1. The third kappa shape index (κ3) is 3.86. The number of thioether (sulfide) groups is 2. The van der Waals surface area contributed by atoms with E-state index in [9.17, 15) is 14.4 Å². The molecule has 0 atom stereocenters. The van der Waals surface area contributed by atoms with E-state index < -0.39 is 5.97 Å². The number of hydrogen-bond donors (Lipinski definition) is 1. The van der Waals surface area contributed by atoms with Crippen molar-refractivity contribution in [2.45, 2.75) is 31.0 Å². The molecule has 0 aromatic carbocycles. The lowest BCUT2D eigenvalue weighted by Gasteiger charge is -2.16. The molecule has 10 heteroatoms. The van der Waals surface area contributed by atoms with E-state index in [1.54, 1.807) is 16.4 Å². The molecule has 0 radical (unpaired) electrons. The van der Waals surface area contributed by atoms with E-state index in [1.165, 1.54) is 29.6 Å². The fourth-order valence-electron chi connectivity index (χ4n) is 2.33. The van der Waals surface area contributed by atoms with Gasteiger partial charge in [-0.05, 0) is 19.8 Å². The average molecular weight is 370 g/mol. The van der Waals surface area contributed by atoms with Gasteiger partial charge in [-0.15, -0.1) is 5.10 Å². The summed E-state index contributed by atoms with van der Waals surface area (Å²) in [6, 6.07) is 0.252. The number of esters is 1. The third-order valence-corrected chi connectivity index (χ3v) is 5.53. The van der Waals surface area contributed by atoms with Crippen LogP contribution in [0.25, 0.3) is 0 Å². The Morgan fingerprint density at radius 1 is 1.50 bits per heavy atom. The summed E-state index contributed by atoms with van der Waals surface area (Å²) >= 11 is 2.76. The second-order valence-corrected chi connectivity index (χ2v) is 7.39. The van der Waals surface area contributed by atoms with Crippen molar-refractivity contribution >= 4 is 35.4 Å². The molecule has 1 saturated heterocycles. The first-order chi connectivity index (χ1) is 11.6. The molecule has 24 heavy (non-hydrogen) atoms. The summed E-state index contributed by atoms with van der Waals surface area (Å²) < 4.78 is 6.57. The zero-order valence-electron chi connectivity index (χ0n) is 13.2. The summed E-state index contributed by atoms with van der Waals surface area (Å²) in [5.41, 5.74) is -0.185. The number of aromatic amines is 1. The predicted octanol–water partition coefficient (Wildman–Crippen LogP) is 0.978. The standard InChI is InChI=1S/C14H18N4O4S2/c1-2-22-12(20)7-11-17(10(19)8-24-11)5-6-23-14-16-15-13(21)18(14)9-3-4-9/h7,9H,2-6,8H2,1H3,(H,15,21)/b11-7-. The second-order valence-electron chi connectivity index (χ2n) is 5.33. The van der Waals surface area contributed by atoms with E-state index in [0.717, 1.165) is 12.8 Å². The number of nitrogens with zero attached hydrogens (tertiary/aromatic N) is 3. The quantitative estimate of drug-likeness (QED) is 0.434. The van der Waals surface area contributed by atoms with Crippen LogP contribution in [0, 0.1) is 0 Å². The highest BCUT2D eigenvalue weighted by atomic mass is 32.2. The van der Waals surface area contributed by atoms with Gasteiger partial charge < -0.3 is 9.64 Å². The van der Waals surface area contributed by atoms with Crippen LogP contribution < -0.4 is 5.69 Å². The van der Waals surface area contributed by atoms with Gasteiger partial charge in [0, 0.05) is 18.3 Å². The summed E-state index contributed by atoms with van der Waals surface area (Å²) in [5, 5.41) is 7.78. The largest absolute Gasteiger partial charge is 0.463 e. The molecule has 1 N–H and O–H groups in total. The molecule has 8 nitrogen and oxygen atoms in total. The molecular weight excluding hydrogens is 352 g/mol. The zero-order valence-corrected chi connectivity index (χ0v) is 14.8. The van der Waals surface area contributed by atoms with Crippen LogP contribution in [0.2, 0.25) is 0 Å². The van der Waals surface area contributed by atoms with Gasteiger partial charge in [0.15, 0.2) is 5.16 Å². The Kier molecular flexibility index (Phi) is 5.34. The van der Waals surface area contributed by atoms with Gasteiger partial charge in [-0.2, -0.15) is 0 Å². The topological polar surface area (TPSA) is 97.3 Å². The van der Waals surface area contributed by atoms with E-state index in [1.807, 2.05) is 0 Å². The van der Waals surface area contributed by atoms with Crippen molar-refractivity contribution in [2.24, 2.45) is 0 Å². The second kappa shape index (κ2) is 7.47. The molecule has 2 aliphatic rings. The lowest BCUT2D eigenvalue weighted by Crippen LogP contribution is -2.27. The Balaban J connectivity index is 1.59. The Hall–Kier alpha value is -1.68. The molecule has 0 unspecified atom stereocenters. The number of hydrogen-bond acceptors (Lipinski definition) is 7. The van der Waals surface area contributed by atoms with E-state index >= 15 is 0 Å². The fraction of sp³-hybridized carbons (Fsp3) is 0.571. The highest BCUT2D eigenvalue weighted by Crippen LogP contribution is 2.36. The summed E-state index contributed by atoms with van der Waals surface area (Å²) in [6.45, 7) is 2.49. The molecule has 1 aromatic heterocycles. The van der Waals surface area contributed by atoms with E-state index in [2.05, 4.69) is 10.2 Å². The highest BCUT2D eigenvalue weighted by molar-refractivity contribution is 8.04. The molecule has 1 saturated carbocycles. The summed E-state index contributed by atoms with van der Waals surface area (Å²) in [6.07, 6.45) is 3.36. The number of aromatic nitrogens is 3. The number of carbonyl (C=O) groups is 2. The van der Waals surface area contributed by atoms with Crippen molar-refractivity contribution in [1.82, 2.24) is 19.7 Å². The van der Waals surface area contributed by atoms with Crippen molar-refractivity contribution in [2.75, 3.05) is 24.7 Å². The number of H-pyrrole nitrogens is 1. The van der Waals surface area contributed by atoms with E-state index in [-0.39, 0.29) is 17.6 Å². The Labute approximate surface area is 147 Å². The van der Waals surface area contributed by atoms with Crippen LogP contribution in [-0.4, -0.2) is 56.2 Å². The predicted molar refractivity (Wildman–Crippen MR) is 90.7 cm³/mol. The van der Waals surface area contributed by atoms with Crippen LogP contribution in [-0.2, 0) is 14.3 Å². The Morgan fingerprint density at radius 3 is 3.00 bits per heavy atom. The number of carbonyl (C=O) groups excluding carboxylic acids is 2. The van der Waals surface area contributed by atoms with Gasteiger partial charge in [0.25, 0.3) is 0 Å². The van der Waals surface area contributed by atoms with Crippen LogP contribution in [0.4, 0.5) is 0 Å². The molecule has 1 aromatic rings. The van der Waals surface area contributed by atoms with Crippen molar-refractivity contribution < 1.29 is 14.3 Å². The van der Waals surface area contributed by atoms with Crippen LogP contribution >= 0.6 is 23.5 Å². The van der Waals surface area contributed by atoms with Crippen molar-refractivity contribution in [1.29, 1.82) is 0 Å². The molecule has 1 aliphatic heterocycles. The lowest BCUT2D eigenvalue weighted by atomic mass is 10.5. The molecule has 3 rings (SSSR count). The molecule has 1 amide bonds. The first-order valence-corrected chi connectivity index (χ1v) is 9.68. The minimum atomic E-state index is -0.442. The van der Waals surface area contributed by atoms with Crippen LogP contribution in [0.15, 0.2) is 21.1 Å². The molecular formula is C14H18N4O4S2. The Morgan fingerprint density at radius 2 is 2.29 bits per heavy atom. The molecule has 2 heterocycles. The van der Waals surface area contributed by atoms with Crippen molar-refractivity contribution in [3.8, 4) is 0 Å². The van der Waals surface area contributed by atoms with Gasteiger partial charge in [0.1, 0.15) is 0 Å². The number of nitrogens with one attached hydrogen (secondary N) is 1. The minimum absolute atomic E-state index is 0.0299. The van der Waals surface area contributed by atoms with Crippen LogP contribution in [0.5, 0.6) is 0 Å². The molecule has 2 fully saturated rings. The number of amides is 1. The molecule has 1 aliphatic carbocycles. The van der Waals surface area contributed by atoms with Gasteiger partial charge in [-0.1, -0.05) is 23.5 Å². The molecule has 0 spiro atoms. The van der Waals surface area contributed by atoms with E-state index in [0.29, 0.717) is 34.8 Å². The van der Waals surface area contributed by atoms with Crippen LogP contribution in [0.3, 0.4) is 0 Å². The zero-order chi connectivity index (χ0) is 17.1. The lowest BCUT2D eigenvalue weighted by molar-refractivity contribution is -0.137.